The van der Waals surface area contributed by atoms with Gasteiger partial charge in [0.15, 0.2) is 0 Å². The van der Waals surface area contributed by atoms with Crippen molar-refractivity contribution in [3.63, 3.8) is 0 Å². The molecule has 1 saturated heterocycles. The number of fused-ring (bicyclic) bond motifs is 1. The number of nitrogens with one attached hydrogen (secondary N) is 1. The van der Waals surface area contributed by atoms with Crippen LogP contribution < -0.4 is 9.62 Å². The highest BCUT2D eigenvalue weighted by Gasteiger charge is 2.18. The van der Waals surface area contributed by atoms with E-state index >= 15 is 0 Å². The molecule has 1 amide bonds. The molecule has 0 radical (unpaired) electrons. The Labute approximate surface area is 205 Å². The van der Waals surface area contributed by atoms with E-state index in [2.05, 4.69) is 15.3 Å². The lowest BCUT2D eigenvalue weighted by Gasteiger charge is -2.21. The van der Waals surface area contributed by atoms with Gasteiger partial charge in [0.05, 0.1) is 10.7 Å². The van der Waals surface area contributed by atoms with Crippen LogP contribution in [0.3, 0.4) is 0 Å². The van der Waals surface area contributed by atoms with E-state index in [1.807, 2.05) is 34.6 Å². The second kappa shape index (κ2) is 9.91. The summed E-state index contributed by atoms with van der Waals surface area (Å²) in [5.74, 6) is 0.451. The fourth-order valence-corrected chi connectivity index (χ4v) is 5.68. The molecule has 1 fully saturated rings. The summed E-state index contributed by atoms with van der Waals surface area (Å²) in [4.78, 5) is 21.7. The summed E-state index contributed by atoms with van der Waals surface area (Å²) in [5.41, 5.74) is 3.44. The third-order valence-corrected chi connectivity index (χ3v) is 7.74. The third kappa shape index (κ3) is 4.67. The molecule has 1 aliphatic rings. The van der Waals surface area contributed by atoms with Crippen LogP contribution in [0.1, 0.15) is 29.6 Å². The van der Waals surface area contributed by atoms with Crippen molar-refractivity contribution in [3.8, 4) is 11.3 Å². The number of rotatable bonds is 4. The Morgan fingerprint density at radius 2 is 1.82 bits per heavy atom. The van der Waals surface area contributed by atoms with Gasteiger partial charge in [-0.1, -0.05) is 18.0 Å². The van der Waals surface area contributed by atoms with Crippen molar-refractivity contribution in [2.75, 3.05) is 21.9 Å². The lowest BCUT2D eigenvalue weighted by Crippen LogP contribution is -2.26. The number of amides is 1. The molecule has 6 nitrogen and oxygen atoms in total. The molecule has 0 spiro atoms. The summed E-state index contributed by atoms with van der Waals surface area (Å²) in [6.07, 6.45) is 8.33. The van der Waals surface area contributed by atoms with Crippen molar-refractivity contribution in [3.05, 3.63) is 83.8 Å². The number of carbonyl (C=O) groups is 1. The van der Waals surface area contributed by atoms with E-state index in [1.54, 1.807) is 42.9 Å². The topological polar surface area (TPSA) is 75.2 Å². The van der Waals surface area contributed by atoms with Crippen LogP contribution in [0.5, 0.6) is 0 Å². The number of carbonyl (C=O) groups excluding carboxylic acids is 1. The summed E-state index contributed by atoms with van der Waals surface area (Å²) in [7, 11) is -1.02. The van der Waals surface area contributed by atoms with E-state index in [1.165, 1.54) is 0 Å². The quantitative estimate of drug-likeness (QED) is 0.389. The first kappa shape index (κ1) is 22.5. The maximum absolute atomic E-state index is 12.9. The summed E-state index contributed by atoms with van der Waals surface area (Å²) >= 11 is 6.50. The van der Waals surface area contributed by atoms with E-state index in [9.17, 15) is 9.00 Å². The third-order valence-electron chi connectivity index (χ3n) is 5.89. The van der Waals surface area contributed by atoms with E-state index in [0.29, 0.717) is 27.7 Å². The van der Waals surface area contributed by atoms with E-state index < -0.39 is 11.0 Å². The Morgan fingerprint density at radius 1 is 1.00 bits per heavy atom. The average molecular weight is 491 g/mol. The Hall–Kier alpha value is -3.29. The number of pyridine rings is 2. The van der Waals surface area contributed by atoms with Gasteiger partial charge in [-0.2, -0.15) is 0 Å². The number of hydrogen-bond acceptors (Lipinski definition) is 4. The molecule has 4 aromatic rings. The smallest absolute Gasteiger partial charge is 0.255 e. The first-order chi connectivity index (χ1) is 16.6. The van der Waals surface area contributed by atoms with Gasteiger partial charge in [-0.05, 0) is 72.8 Å². The molecule has 8 heteroatoms. The Balaban J connectivity index is 1.38. The minimum absolute atomic E-state index is 0.232. The molecule has 5 rings (SSSR count). The van der Waals surface area contributed by atoms with Gasteiger partial charge < -0.3 is 5.32 Å². The number of aromatic nitrogens is 2. The first-order valence-corrected chi connectivity index (χ1v) is 12.8. The average Bonchev–Trinajstić information content (AvgIpc) is 3.09. The molecule has 2 aromatic heterocycles. The van der Waals surface area contributed by atoms with Crippen LogP contribution >= 0.6 is 11.6 Å². The summed E-state index contributed by atoms with van der Waals surface area (Å²) in [6, 6.07) is 16.4. The van der Waals surface area contributed by atoms with Gasteiger partial charge in [0, 0.05) is 58.8 Å². The van der Waals surface area contributed by atoms with Gasteiger partial charge in [0.2, 0.25) is 0 Å². The molecule has 172 valence electrons. The Bertz CT molecular complexity index is 1370. The van der Waals surface area contributed by atoms with Gasteiger partial charge >= 0.3 is 0 Å². The highest BCUT2D eigenvalue weighted by atomic mass is 35.5. The van der Waals surface area contributed by atoms with Crippen molar-refractivity contribution < 1.29 is 9.00 Å². The highest BCUT2D eigenvalue weighted by Crippen LogP contribution is 2.33. The minimum atomic E-state index is -1.02. The number of halogens is 1. The molecular formula is C26H23ClN4O2S. The molecule has 2 aromatic carbocycles. The van der Waals surface area contributed by atoms with Gasteiger partial charge in [-0.25, -0.2) is 4.21 Å². The number of benzene rings is 2. The summed E-state index contributed by atoms with van der Waals surface area (Å²) in [6.45, 7) is 0.767. The number of anilines is 2. The van der Waals surface area contributed by atoms with Crippen LogP contribution in [0.25, 0.3) is 22.0 Å². The standard InChI is InChI=1S/C26H23ClN4O2S/c27-24-9-6-20(16-22(24)25-23-17-28-12-10-18(23)11-13-29-25)30-26(32)19-4-7-21(8-5-19)31-14-2-1-3-15-34(31)33/h4-13,16-17H,1-3,14-15H2,(H,30,32). The zero-order valence-corrected chi connectivity index (χ0v) is 20.0. The van der Waals surface area contributed by atoms with Crippen molar-refractivity contribution in [2.24, 2.45) is 0 Å². The fourth-order valence-electron chi connectivity index (χ4n) is 4.11. The molecule has 3 heterocycles. The van der Waals surface area contributed by atoms with Crippen LogP contribution in [-0.4, -0.2) is 32.4 Å². The van der Waals surface area contributed by atoms with Crippen molar-refractivity contribution >= 4 is 50.6 Å². The second-order valence-corrected chi connectivity index (χ2v) is 10.0. The first-order valence-electron chi connectivity index (χ1n) is 11.2. The van der Waals surface area contributed by atoms with Gasteiger partial charge in [0.1, 0.15) is 11.0 Å². The van der Waals surface area contributed by atoms with Crippen LogP contribution in [-0.2, 0) is 11.0 Å². The normalized spacial score (nSPS) is 16.3. The molecule has 1 N–H and O–H groups in total. The van der Waals surface area contributed by atoms with Crippen LogP contribution in [0, 0.1) is 0 Å². The van der Waals surface area contributed by atoms with Crippen LogP contribution in [0.15, 0.2) is 73.2 Å². The van der Waals surface area contributed by atoms with Crippen molar-refractivity contribution in [1.29, 1.82) is 0 Å². The van der Waals surface area contributed by atoms with E-state index in [0.717, 1.165) is 47.8 Å². The van der Waals surface area contributed by atoms with Crippen LogP contribution in [0.2, 0.25) is 5.02 Å². The molecule has 1 unspecified atom stereocenters. The molecule has 0 saturated carbocycles. The monoisotopic (exact) mass is 490 g/mol. The molecule has 1 aliphatic heterocycles. The second-order valence-electron chi connectivity index (χ2n) is 8.14. The summed E-state index contributed by atoms with van der Waals surface area (Å²) < 4.78 is 14.4. The lowest BCUT2D eigenvalue weighted by molar-refractivity contribution is 0.102. The zero-order valence-electron chi connectivity index (χ0n) is 18.4. The van der Waals surface area contributed by atoms with Crippen LogP contribution in [0.4, 0.5) is 11.4 Å². The predicted molar refractivity (Wildman–Crippen MR) is 139 cm³/mol. The molecule has 34 heavy (non-hydrogen) atoms. The maximum atomic E-state index is 12.9. The van der Waals surface area contributed by atoms with E-state index in [-0.39, 0.29) is 5.91 Å². The maximum Gasteiger partial charge on any atom is 0.255 e. The van der Waals surface area contributed by atoms with Crippen molar-refractivity contribution in [1.82, 2.24) is 9.97 Å². The zero-order chi connectivity index (χ0) is 23.5. The Morgan fingerprint density at radius 3 is 2.68 bits per heavy atom. The molecular weight excluding hydrogens is 468 g/mol. The number of hydrogen-bond donors (Lipinski definition) is 1. The van der Waals surface area contributed by atoms with Gasteiger partial charge in [-0.3, -0.25) is 19.1 Å². The largest absolute Gasteiger partial charge is 0.322 e. The molecule has 0 bridgehead atoms. The predicted octanol–water partition coefficient (Wildman–Crippen LogP) is 5.86. The van der Waals surface area contributed by atoms with Gasteiger partial charge in [0.25, 0.3) is 5.91 Å². The SMILES string of the molecule is O=C(Nc1ccc(Cl)c(-c2nccc3ccncc23)c1)c1ccc(N2CCCCCS2=O)cc1. The summed E-state index contributed by atoms with van der Waals surface area (Å²) in [5, 5.41) is 5.38. The van der Waals surface area contributed by atoms with E-state index in [4.69, 9.17) is 11.6 Å². The minimum Gasteiger partial charge on any atom is -0.322 e. The lowest BCUT2D eigenvalue weighted by atomic mass is 10.0. The Kier molecular flexibility index (Phi) is 6.56. The van der Waals surface area contributed by atoms with Gasteiger partial charge in [-0.15, -0.1) is 0 Å². The number of nitrogens with zero attached hydrogens (tertiary/aromatic N) is 3. The van der Waals surface area contributed by atoms with Crippen molar-refractivity contribution in [2.45, 2.75) is 19.3 Å². The molecule has 0 aliphatic carbocycles. The molecule has 1 atom stereocenters. The fraction of sp³-hybridized carbons (Fsp3) is 0.192. The highest BCUT2D eigenvalue weighted by molar-refractivity contribution is 7.86.